The van der Waals surface area contributed by atoms with E-state index >= 15 is 0 Å². The van der Waals surface area contributed by atoms with Crippen molar-refractivity contribution < 1.29 is 9.47 Å². The molecular weight excluding hydrogens is 262 g/mol. The molecule has 0 spiro atoms. The monoisotopic (exact) mass is 277 g/mol. The molecule has 2 N–H and O–H groups in total. The Hall–Kier alpha value is -1.71. The van der Waals surface area contributed by atoms with Gasteiger partial charge in [0.2, 0.25) is 0 Å². The van der Waals surface area contributed by atoms with Crippen LogP contribution >= 0.6 is 11.6 Å². The molecule has 0 saturated heterocycles. The fraction of sp³-hybridized carbons (Fsp3) is 0.200. The number of methoxy groups -OCH3 is 1. The third-order valence-corrected chi connectivity index (χ3v) is 3.11. The molecule has 19 heavy (non-hydrogen) atoms. The molecule has 0 bridgehead atoms. The molecule has 0 atom stereocenters. The summed E-state index contributed by atoms with van der Waals surface area (Å²) in [5.41, 5.74) is 7.63. The molecule has 0 aliphatic heterocycles. The minimum Gasteiger partial charge on any atom is -0.496 e. The highest BCUT2D eigenvalue weighted by Crippen LogP contribution is 2.26. The van der Waals surface area contributed by atoms with Crippen molar-refractivity contribution in [1.82, 2.24) is 0 Å². The van der Waals surface area contributed by atoms with Gasteiger partial charge in [0.1, 0.15) is 18.1 Å². The molecular formula is C15H16ClNO2. The summed E-state index contributed by atoms with van der Waals surface area (Å²) >= 11 is 6.05. The third-order valence-electron chi connectivity index (χ3n) is 2.80. The molecule has 0 radical (unpaired) electrons. The van der Waals surface area contributed by atoms with Gasteiger partial charge in [-0.25, -0.2) is 0 Å². The molecule has 2 rings (SSSR count). The van der Waals surface area contributed by atoms with Gasteiger partial charge >= 0.3 is 0 Å². The van der Waals surface area contributed by atoms with Crippen LogP contribution in [-0.2, 0) is 13.2 Å². The highest BCUT2D eigenvalue weighted by molar-refractivity contribution is 6.32. The molecule has 0 aromatic heterocycles. The van der Waals surface area contributed by atoms with E-state index in [9.17, 15) is 0 Å². The average molecular weight is 278 g/mol. The molecule has 2 aromatic rings. The number of para-hydroxylation sites is 1. The van der Waals surface area contributed by atoms with Crippen LogP contribution in [-0.4, -0.2) is 7.11 Å². The number of ether oxygens (including phenoxy) is 2. The Morgan fingerprint density at radius 2 is 1.89 bits per heavy atom. The molecule has 0 amide bonds. The Balaban J connectivity index is 2.16. The molecule has 0 unspecified atom stereocenters. The lowest BCUT2D eigenvalue weighted by atomic mass is 10.1. The van der Waals surface area contributed by atoms with Crippen LogP contribution in [0.5, 0.6) is 11.5 Å². The maximum absolute atomic E-state index is 6.05. The first kappa shape index (κ1) is 13.7. The Morgan fingerprint density at radius 1 is 1.11 bits per heavy atom. The fourth-order valence-corrected chi connectivity index (χ4v) is 1.98. The molecule has 4 heteroatoms. The zero-order valence-corrected chi connectivity index (χ0v) is 11.5. The number of rotatable bonds is 5. The molecule has 0 saturated carbocycles. The first-order valence-electron chi connectivity index (χ1n) is 5.97. The van der Waals surface area contributed by atoms with E-state index < -0.39 is 0 Å². The van der Waals surface area contributed by atoms with Gasteiger partial charge < -0.3 is 15.2 Å². The summed E-state index contributed by atoms with van der Waals surface area (Å²) in [6.45, 7) is 0.879. The van der Waals surface area contributed by atoms with Crippen molar-refractivity contribution in [3.63, 3.8) is 0 Å². The van der Waals surface area contributed by atoms with Crippen molar-refractivity contribution in [3.05, 3.63) is 58.6 Å². The Labute approximate surface area is 117 Å². The van der Waals surface area contributed by atoms with Crippen molar-refractivity contribution in [2.75, 3.05) is 7.11 Å². The van der Waals surface area contributed by atoms with Crippen molar-refractivity contribution in [1.29, 1.82) is 0 Å². The van der Waals surface area contributed by atoms with Gasteiger partial charge in [0.25, 0.3) is 0 Å². The standard InChI is InChI=1S/C15H16ClNO2/c1-18-14-7-6-11(9-17)8-12(14)10-19-15-5-3-2-4-13(15)16/h2-8H,9-10,17H2,1H3. The molecule has 0 aliphatic rings. The third kappa shape index (κ3) is 3.40. The molecule has 0 aliphatic carbocycles. The summed E-state index contributed by atoms with van der Waals surface area (Å²) in [7, 11) is 1.64. The first-order valence-corrected chi connectivity index (χ1v) is 6.35. The summed E-state index contributed by atoms with van der Waals surface area (Å²) in [4.78, 5) is 0. The van der Waals surface area contributed by atoms with Crippen molar-refractivity contribution >= 4 is 11.6 Å². The molecule has 100 valence electrons. The van der Waals surface area contributed by atoms with Crippen LogP contribution in [0.3, 0.4) is 0 Å². The summed E-state index contributed by atoms with van der Waals surface area (Å²) in [6, 6.07) is 13.2. The van der Waals surface area contributed by atoms with E-state index in [1.807, 2.05) is 36.4 Å². The zero-order valence-electron chi connectivity index (χ0n) is 10.7. The molecule has 2 aromatic carbocycles. The molecule has 0 heterocycles. The lowest BCUT2D eigenvalue weighted by Crippen LogP contribution is -2.02. The SMILES string of the molecule is COc1ccc(CN)cc1COc1ccccc1Cl. The van der Waals surface area contributed by atoms with Crippen molar-refractivity contribution in [2.45, 2.75) is 13.2 Å². The lowest BCUT2D eigenvalue weighted by molar-refractivity contribution is 0.296. The van der Waals surface area contributed by atoms with Gasteiger partial charge in [0.15, 0.2) is 0 Å². The number of hydrogen-bond acceptors (Lipinski definition) is 3. The normalized spacial score (nSPS) is 10.3. The van der Waals surface area contributed by atoms with Crippen molar-refractivity contribution in [2.24, 2.45) is 5.73 Å². The van der Waals surface area contributed by atoms with Gasteiger partial charge in [-0.15, -0.1) is 0 Å². The number of halogens is 1. The largest absolute Gasteiger partial charge is 0.496 e. The number of benzene rings is 2. The predicted octanol–water partition coefficient (Wildman–Crippen LogP) is 3.39. The van der Waals surface area contributed by atoms with Gasteiger partial charge in [-0.05, 0) is 29.8 Å². The number of nitrogens with two attached hydrogens (primary N) is 1. The summed E-state index contributed by atoms with van der Waals surface area (Å²) < 4.78 is 11.0. The summed E-state index contributed by atoms with van der Waals surface area (Å²) in [5.74, 6) is 1.44. The minimum absolute atomic E-state index is 0.390. The average Bonchev–Trinajstić information content (AvgIpc) is 2.46. The van der Waals surface area contributed by atoms with Crippen LogP contribution in [0, 0.1) is 0 Å². The van der Waals surface area contributed by atoms with Crippen molar-refractivity contribution in [3.8, 4) is 11.5 Å². The fourth-order valence-electron chi connectivity index (χ4n) is 1.79. The Kier molecular flexibility index (Phi) is 4.66. The van der Waals surface area contributed by atoms with Gasteiger partial charge in [0.05, 0.1) is 12.1 Å². The summed E-state index contributed by atoms with van der Waals surface area (Å²) in [6.07, 6.45) is 0. The van der Waals surface area contributed by atoms with Gasteiger partial charge in [-0.1, -0.05) is 29.8 Å². The second-order valence-electron chi connectivity index (χ2n) is 4.07. The van der Waals surface area contributed by atoms with E-state index in [-0.39, 0.29) is 0 Å². The van der Waals surface area contributed by atoms with Crippen LogP contribution < -0.4 is 15.2 Å². The molecule has 0 fully saturated rings. The van der Waals surface area contributed by atoms with E-state index in [4.69, 9.17) is 26.8 Å². The topological polar surface area (TPSA) is 44.5 Å². The maximum Gasteiger partial charge on any atom is 0.138 e. The van der Waals surface area contributed by atoms with E-state index in [2.05, 4.69) is 0 Å². The van der Waals surface area contributed by atoms with E-state index in [0.717, 1.165) is 16.9 Å². The van der Waals surface area contributed by atoms with Crippen LogP contribution in [0.1, 0.15) is 11.1 Å². The quantitative estimate of drug-likeness (QED) is 0.911. The highest BCUT2D eigenvalue weighted by Gasteiger charge is 2.06. The van der Waals surface area contributed by atoms with Gasteiger partial charge in [0, 0.05) is 12.1 Å². The van der Waals surface area contributed by atoms with Crippen LogP contribution in [0.25, 0.3) is 0 Å². The summed E-state index contributed by atoms with van der Waals surface area (Å²) in [5, 5.41) is 0.594. The number of hydrogen-bond donors (Lipinski definition) is 1. The molecule has 3 nitrogen and oxygen atoms in total. The predicted molar refractivity (Wildman–Crippen MR) is 76.7 cm³/mol. The minimum atomic E-state index is 0.390. The maximum atomic E-state index is 6.05. The van der Waals surface area contributed by atoms with E-state index in [1.165, 1.54) is 0 Å². The van der Waals surface area contributed by atoms with E-state index in [0.29, 0.717) is 23.9 Å². The smallest absolute Gasteiger partial charge is 0.138 e. The van der Waals surface area contributed by atoms with Gasteiger partial charge in [-0.2, -0.15) is 0 Å². The van der Waals surface area contributed by atoms with Gasteiger partial charge in [-0.3, -0.25) is 0 Å². The second-order valence-corrected chi connectivity index (χ2v) is 4.48. The Bertz CT molecular complexity index is 558. The van der Waals surface area contributed by atoms with E-state index in [1.54, 1.807) is 13.2 Å². The lowest BCUT2D eigenvalue weighted by Gasteiger charge is -2.12. The van der Waals surface area contributed by atoms with Crippen LogP contribution in [0.15, 0.2) is 42.5 Å². The second kappa shape index (κ2) is 6.45. The first-order chi connectivity index (χ1) is 9.24. The highest BCUT2D eigenvalue weighted by atomic mass is 35.5. The van der Waals surface area contributed by atoms with Crippen LogP contribution in [0.4, 0.5) is 0 Å². The zero-order chi connectivity index (χ0) is 13.7. The van der Waals surface area contributed by atoms with Crippen LogP contribution in [0.2, 0.25) is 5.02 Å². The Morgan fingerprint density at radius 3 is 2.58 bits per heavy atom.